The van der Waals surface area contributed by atoms with Crippen LogP contribution in [0.25, 0.3) is 11.1 Å². The van der Waals surface area contributed by atoms with Crippen LogP contribution in [0.3, 0.4) is 0 Å². The fourth-order valence-electron chi connectivity index (χ4n) is 1.90. The highest BCUT2D eigenvalue weighted by Gasteiger charge is 2.09. The zero-order valence-corrected chi connectivity index (χ0v) is 10.6. The monoisotopic (exact) mass is 247 g/mol. The molecule has 0 saturated carbocycles. The number of nitrogen functional groups attached to an aromatic ring is 1. The van der Waals surface area contributed by atoms with Gasteiger partial charge in [-0.3, -0.25) is 0 Å². The van der Waals surface area contributed by atoms with Gasteiger partial charge in [0.25, 0.3) is 0 Å². The van der Waals surface area contributed by atoms with Gasteiger partial charge in [0.2, 0.25) is 0 Å². The molecule has 0 unspecified atom stereocenters. The molecule has 17 heavy (non-hydrogen) atoms. The molecule has 2 rings (SSSR count). The van der Waals surface area contributed by atoms with E-state index in [0.29, 0.717) is 10.8 Å². The number of ether oxygens (including phenoxy) is 1. The quantitative estimate of drug-likeness (QED) is 0.817. The van der Waals surface area contributed by atoms with Crippen molar-refractivity contribution in [3.05, 3.63) is 47.0 Å². The average molecular weight is 248 g/mol. The van der Waals surface area contributed by atoms with Crippen LogP contribution in [0.2, 0.25) is 5.02 Å². The van der Waals surface area contributed by atoms with Gasteiger partial charge in [-0.2, -0.15) is 0 Å². The van der Waals surface area contributed by atoms with Gasteiger partial charge >= 0.3 is 0 Å². The summed E-state index contributed by atoms with van der Waals surface area (Å²) in [6, 6.07) is 11.6. The summed E-state index contributed by atoms with van der Waals surface area (Å²) in [5, 5.41) is 0.603. The minimum atomic E-state index is 0.603. The highest BCUT2D eigenvalue weighted by Crippen LogP contribution is 2.35. The standard InChI is InChI=1S/C14H14ClNO/c1-9-7-10(8-12(15)14(9)17-2)11-5-3-4-6-13(11)16/h3-8H,16H2,1-2H3. The molecule has 0 aliphatic carbocycles. The summed E-state index contributed by atoms with van der Waals surface area (Å²) in [4.78, 5) is 0. The average Bonchev–Trinajstić information content (AvgIpc) is 2.29. The van der Waals surface area contributed by atoms with Crippen molar-refractivity contribution in [2.45, 2.75) is 6.92 Å². The van der Waals surface area contributed by atoms with Crippen molar-refractivity contribution in [1.82, 2.24) is 0 Å². The Morgan fingerprint density at radius 1 is 1.18 bits per heavy atom. The number of aryl methyl sites for hydroxylation is 1. The molecule has 0 spiro atoms. The highest BCUT2D eigenvalue weighted by atomic mass is 35.5. The molecule has 88 valence electrons. The van der Waals surface area contributed by atoms with Gasteiger partial charge in [-0.25, -0.2) is 0 Å². The lowest BCUT2D eigenvalue weighted by Gasteiger charge is -2.11. The van der Waals surface area contributed by atoms with Crippen LogP contribution in [0.15, 0.2) is 36.4 Å². The Bertz CT molecular complexity index is 529. The van der Waals surface area contributed by atoms with E-state index in [1.807, 2.05) is 43.3 Å². The van der Waals surface area contributed by atoms with Crippen LogP contribution in [-0.4, -0.2) is 7.11 Å². The van der Waals surface area contributed by atoms with Gasteiger partial charge in [0.1, 0.15) is 5.75 Å². The van der Waals surface area contributed by atoms with Crippen LogP contribution in [0.5, 0.6) is 5.75 Å². The molecule has 0 heterocycles. The van der Waals surface area contributed by atoms with Gasteiger partial charge in [-0.05, 0) is 36.2 Å². The lowest BCUT2D eigenvalue weighted by molar-refractivity contribution is 0.412. The smallest absolute Gasteiger partial charge is 0.140 e. The summed E-state index contributed by atoms with van der Waals surface area (Å²) in [6.07, 6.45) is 0. The summed E-state index contributed by atoms with van der Waals surface area (Å²) in [5.41, 5.74) is 9.68. The minimum Gasteiger partial charge on any atom is -0.495 e. The first-order chi connectivity index (χ1) is 8.13. The van der Waals surface area contributed by atoms with Crippen molar-refractivity contribution in [2.75, 3.05) is 12.8 Å². The molecule has 0 aliphatic rings. The number of nitrogens with two attached hydrogens (primary N) is 1. The maximum absolute atomic E-state index is 6.17. The number of hydrogen-bond acceptors (Lipinski definition) is 2. The molecular formula is C14H14ClNO. The first kappa shape index (κ1) is 11.8. The number of rotatable bonds is 2. The Balaban J connectivity index is 2.59. The second-order valence-corrected chi connectivity index (χ2v) is 4.30. The predicted octanol–water partition coefficient (Wildman–Crippen LogP) is 3.91. The van der Waals surface area contributed by atoms with E-state index in [4.69, 9.17) is 22.1 Å². The first-order valence-electron chi connectivity index (χ1n) is 5.32. The molecule has 2 aromatic carbocycles. The Labute approximate surface area is 106 Å². The topological polar surface area (TPSA) is 35.2 Å². The van der Waals surface area contributed by atoms with Crippen molar-refractivity contribution < 1.29 is 4.74 Å². The van der Waals surface area contributed by atoms with Gasteiger partial charge in [-0.1, -0.05) is 29.8 Å². The normalized spacial score (nSPS) is 10.3. The van der Waals surface area contributed by atoms with Crippen LogP contribution in [-0.2, 0) is 0 Å². The largest absolute Gasteiger partial charge is 0.495 e. The zero-order valence-electron chi connectivity index (χ0n) is 9.83. The molecule has 3 heteroatoms. The third-order valence-electron chi connectivity index (χ3n) is 2.71. The Kier molecular flexibility index (Phi) is 3.25. The van der Waals surface area contributed by atoms with Crippen LogP contribution in [0.4, 0.5) is 5.69 Å². The van der Waals surface area contributed by atoms with Crippen molar-refractivity contribution in [3.8, 4) is 16.9 Å². The lowest BCUT2D eigenvalue weighted by atomic mass is 10.0. The van der Waals surface area contributed by atoms with E-state index < -0.39 is 0 Å². The summed E-state index contributed by atoms with van der Waals surface area (Å²) >= 11 is 6.17. The molecule has 2 N–H and O–H groups in total. The van der Waals surface area contributed by atoms with Crippen molar-refractivity contribution in [3.63, 3.8) is 0 Å². The second-order valence-electron chi connectivity index (χ2n) is 3.90. The number of benzene rings is 2. The third-order valence-corrected chi connectivity index (χ3v) is 2.99. The SMILES string of the molecule is COc1c(C)cc(-c2ccccc2N)cc1Cl. The Morgan fingerprint density at radius 2 is 1.88 bits per heavy atom. The van der Waals surface area contributed by atoms with E-state index in [1.165, 1.54) is 0 Å². The molecule has 0 amide bonds. The van der Waals surface area contributed by atoms with Gasteiger partial charge in [0.15, 0.2) is 0 Å². The number of hydrogen-bond donors (Lipinski definition) is 1. The summed E-state index contributed by atoms with van der Waals surface area (Å²) in [6.45, 7) is 1.97. The van der Waals surface area contributed by atoms with E-state index in [-0.39, 0.29) is 0 Å². The molecule has 0 bridgehead atoms. The van der Waals surface area contributed by atoms with Gasteiger partial charge < -0.3 is 10.5 Å². The fourth-order valence-corrected chi connectivity index (χ4v) is 2.25. The van der Waals surface area contributed by atoms with Crippen molar-refractivity contribution >= 4 is 17.3 Å². The molecule has 0 aromatic heterocycles. The molecule has 2 nitrogen and oxygen atoms in total. The Hall–Kier alpha value is -1.67. The number of methoxy groups -OCH3 is 1. The number of para-hydroxylation sites is 1. The third kappa shape index (κ3) is 2.22. The number of halogens is 1. The maximum atomic E-state index is 6.17. The summed E-state index contributed by atoms with van der Waals surface area (Å²) in [7, 11) is 1.62. The van der Waals surface area contributed by atoms with Gasteiger partial charge in [0, 0.05) is 11.3 Å². The molecule has 0 fully saturated rings. The van der Waals surface area contributed by atoms with Crippen LogP contribution < -0.4 is 10.5 Å². The molecule has 0 saturated heterocycles. The van der Waals surface area contributed by atoms with Crippen molar-refractivity contribution in [1.29, 1.82) is 0 Å². The molecular weight excluding hydrogens is 234 g/mol. The molecule has 0 aliphatic heterocycles. The minimum absolute atomic E-state index is 0.603. The van der Waals surface area contributed by atoms with Crippen molar-refractivity contribution in [2.24, 2.45) is 0 Å². The van der Waals surface area contributed by atoms with Crippen LogP contribution in [0.1, 0.15) is 5.56 Å². The summed E-state index contributed by atoms with van der Waals surface area (Å²) in [5.74, 6) is 0.713. The second kappa shape index (κ2) is 4.68. The fraction of sp³-hybridized carbons (Fsp3) is 0.143. The molecule has 2 aromatic rings. The van der Waals surface area contributed by atoms with Crippen LogP contribution >= 0.6 is 11.6 Å². The summed E-state index contributed by atoms with van der Waals surface area (Å²) < 4.78 is 5.23. The van der Waals surface area contributed by atoms with Crippen LogP contribution in [0, 0.1) is 6.92 Å². The predicted molar refractivity (Wildman–Crippen MR) is 72.6 cm³/mol. The highest BCUT2D eigenvalue weighted by molar-refractivity contribution is 6.32. The van der Waals surface area contributed by atoms with Gasteiger partial charge in [-0.15, -0.1) is 0 Å². The lowest BCUT2D eigenvalue weighted by Crippen LogP contribution is -1.92. The van der Waals surface area contributed by atoms with E-state index in [2.05, 4.69) is 0 Å². The maximum Gasteiger partial charge on any atom is 0.140 e. The molecule has 0 atom stereocenters. The first-order valence-corrected chi connectivity index (χ1v) is 5.70. The number of anilines is 1. The van der Waals surface area contributed by atoms with E-state index in [1.54, 1.807) is 7.11 Å². The zero-order chi connectivity index (χ0) is 12.4. The van der Waals surface area contributed by atoms with E-state index in [9.17, 15) is 0 Å². The van der Waals surface area contributed by atoms with E-state index >= 15 is 0 Å². The Morgan fingerprint density at radius 3 is 2.47 bits per heavy atom. The van der Waals surface area contributed by atoms with E-state index in [0.717, 1.165) is 22.4 Å². The molecule has 0 radical (unpaired) electrons. The van der Waals surface area contributed by atoms with Gasteiger partial charge in [0.05, 0.1) is 12.1 Å².